The van der Waals surface area contributed by atoms with E-state index in [1.807, 2.05) is 0 Å². The SMILES string of the molecule is N#CC1(NC(=O)CSc2nnc(-c3ccccc3F)o2)CCCCC1. The zero-order valence-electron chi connectivity index (χ0n) is 13.5. The number of halogens is 1. The number of aromatic nitrogens is 2. The second-order valence-corrected chi connectivity index (χ2v) is 6.87. The standard InChI is InChI=1S/C17H17FN4O2S/c18-13-7-3-2-6-12(13)15-21-22-16(24-15)25-10-14(23)20-17(11-19)8-4-1-5-9-17/h2-3,6-7H,1,4-5,8-10H2,(H,20,23). The van der Waals surface area contributed by atoms with E-state index in [0.717, 1.165) is 31.0 Å². The summed E-state index contributed by atoms with van der Waals surface area (Å²) >= 11 is 1.06. The largest absolute Gasteiger partial charge is 0.411 e. The molecule has 0 radical (unpaired) electrons. The van der Waals surface area contributed by atoms with Crippen LogP contribution in [-0.2, 0) is 4.79 Å². The van der Waals surface area contributed by atoms with Crippen molar-refractivity contribution in [2.45, 2.75) is 42.9 Å². The lowest BCUT2D eigenvalue weighted by Gasteiger charge is -2.31. The number of rotatable bonds is 5. The van der Waals surface area contributed by atoms with E-state index >= 15 is 0 Å². The Morgan fingerprint density at radius 2 is 2.08 bits per heavy atom. The number of hydrogen-bond acceptors (Lipinski definition) is 6. The van der Waals surface area contributed by atoms with Crippen molar-refractivity contribution in [3.05, 3.63) is 30.1 Å². The molecule has 25 heavy (non-hydrogen) atoms. The van der Waals surface area contributed by atoms with E-state index in [4.69, 9.17) is 4.42 Å². The summed E-state index contributed by atoms with van der Waals surface area (Å²) in [7, 11) is 0. The predicted molar refractivity (Wildman–Crippen MR) is 90.0 cm³/mol. The lowest BCUT2D eigenvalue weighted by Crippen LogP contribution is -2.49. The van der Waals surface area contributed by atoms with Crippen LogP contribution in [0.15, 0.2) is 33.9 Å². The number of hydrogen-bond donors (Lipinski definition) is 1. The zero-order valence-corrected chi connectivity index (χ0v) is 14.3. The molecule has 1 aliphatic carbocycles. The number of nitrogens with one attached hydrogen (secondary N) is 1. The molecule has 1 fully saturated rings. The molecule has 0 atom stereocenters. The topological polar surface area (TPSA) is 91.8 Å². The fourth-order valence-electron chi connectivity index (χ4n) is 2.86. The van der Waals surface area contributed by atoms with Crippen molar-refractivity contribution in [2.75, 3.05) is 5.75 Å². The molecule has 8 heteroatoms. The first kappa shape index (κ1) is 17.4. The minimum atomic E-state index is -0.761. The summed E-state index contributed by atoms with van der Waals surface area (Å²) in [6, 6.07) is 8.35. The highest BCUT2D eigenvalue weighted by molar-refractivity contribution is 7.99. The molecule has 1 aliphatic rings. The van der Waals surface area contributed by atoms with Crippen LogP contribution >= 0.6 is 11.8 Å². The van der Waals surface area contributed by atoms with Crippen molar-refractivity contribution in [3.63, 3.8) is 0 Å². The van der Waals surface area contributed by atoms with Gasteiger partial charge in [-0.2, -0.15) is 5.26 Å². The Balaban J connectivity index is 1.58. The third-order valence-corrected chi connectivity index (χ3v) is 4.96. The fraction of sp³-hybridized carbons (Fsp3) is 0.412. The first-order valence-electron chi connectivity index (χ1n) is 8.05. The molecule has 6 nitrogen and oxygen atoms in total. The second-order valence-electron chi connectivity index (χ2n) is 5.94. The molecule has 0 saturated heterocycles. The fourth-order valence-corrected chi connectivity index (χ4v) is 3.43. The molecule has 1 heterocycles. The molecule has 0 aliphatic heterocycles. The molecule has 0 spiro atoms. The first-order chi connectivity index (χ1) is 12.1. The number of thioether (sulfide) groups is 1. The van der Waals surface area contributed by atoms with Crippen molar-refractivity contribution >= 4 is 17.7 Å². The van der Waals surface area contributed by atoms with Gasteiger partial charge >= 0.3 is 0 Å². The number of amides is 1. The summed E-state index contributed by atoms with van der Waals surface area (Å²) in [6.45, 7) is 0. The quantitative estimate of drug-likeness (QED) is 0.823. The highest BCUT2D eigenvalue weighted by Crippen LogP contribution is 2.28. The smallest absolute Gasteiger partial charge is 0.277 e. The molecule has 1 amide bonds. The van der Waals surface area contributed by atoms with Gasteiger partial charge in [0.05, 0.1) is 17.4 Å². The summed E-state index contributed by atoms with van der Waals surface area (Å²) in [6.07, 6.45) is 4.33. The van der Waals surface area contributed by atoms with Gasteiger partial charge in [-0.15, -0.1) is 10.2 Å². The lowest BCUT2D eigenvalue weighted by atomic mass is 9.83. The van der Waals surface area contributed by atoms with E-state index < -0.39 is 11.4 Å². The van der Waals surface area contributed by atoms with E-state index in [-0.39, 0.29) is 28.3 Å². The van der Waals surface area contributed by atoms with Gasteiger partial charge in [0.1, 0.15) is 11.4 Å². The highest BCUT2D eigenvalue weighted by Gasteiger charge is 2.33. The third kappa shape index (κ3) is 4.17. The van der Waals surface area contributed by atoms with Crippen LogP contribution in [0.3, 0.4) is 0 Å². The summed E-state index contributed by atoms with van der Waals surface area (Å²) in [5, 5.41) is 20.0. The van der Waals surface area contributed by atoms with Gasteiger partial charge in [0.25, 0.3) is 11.1 Å². The molecule has 1 saturated carbocycles. The Bertz CT molecular complexity index is 796. The molecule has 1 N–H and O–H groups in total. The van der Waals surface area contributed by atoms with E-state index in [9.17, 15) is 14.4 Å². The van der Waals surface area contributed by atoms with Crippen molar-refractivity contribution < 1.29 is 13.6 Å². The van der Waals surface area contributed by atoms with E-state index in [1.54, 1.807) is 18.2 Å². The van der Waals surface area contributed by atoms with Gasteiger partial charge in [-0.1, -0.05) is 43.2 Å². The van der Waals surface area contributed by atoms with Crippen LogP contribution in [0.1, 0.15) is 32.1 Å². The summed E-state index contributed by atoms with van der Waals surface area (Å²) < 4.78 is 19.1. The molecular formula is C17H17FN4O2S. The highest BCUT2D eigenvalue weighted by atomic mass is 32.2. The Hall–Kier alpha value is -2.40. The van der Waals surface area contributed by atoms with Crippen LogP contribution in [0.25, 0.3) is 11.5 Å². The van der Waals surface area contributed by atoms with Gasteiger partial charge in [0.15, 0.2) is 0 Å². The minimum absolute atomic E-state index is 0.0579. The Morgan fingerprint density at radius 1 is 1.32 bits per heavy atom. The Kier molecular flexibility index (Phi) is 5.34. The van der Waals surface area contributed by atoms with Crippen molar-refractivity contribution in [1.82, 2.24) is 15.5 Å². The van der Waals surface area contributed by atoms with Gasteiger partial charge in [0.2, 0.25) is 5.91 Å². The Labute approximate surface area is 148 Å². The maximum atomic E-state index is 13.7. The zero-order chi connectivity index (χ0) is 17.7. The molecule has 0 bridgehead atoms. The van der Waals surface area contributed by atoms with Crippen molar-refractivity contribution in [1.29, 1.82) is 5.26 Å². The summed E-state index contributed by atoms with van der Waals surface area (Å²) in [5.74, 6) is -0.572. The number of carbonyl (C=O) groups excluding carboxylic acids is 1. The van der Waals surface area contributed by atoms with Crippen LogP contribution in [-0.4, -0.2) is 27.4 Å². The first-order valence-corrected chi connectivity index (χ1v) is 9.04. The van der Waals surface area contributed by atoms with E-state index in [2.05, 4.69) is 21.6 Å². The lowest BCUT2D eigenvalue weighted by molar-refractivity contribution is -0.120. The Morgan fingerprint density at radius 3 is 2.80 bits per heavy atom. The third-order valence-electron chi connectivity index (χ3n) is 4.14. The van der Waals surface area contributed by atoms with Gasteiger partial charge in [-0.3, -0.25) is 4.79 Å². The van der Waals surface area contributed by atoms with E-state index in [0.29, 0.717) is 12.8 Å². The monoisotopic (exact) mass is 360 g/mol. The van der Waals surface area contributed by atoms with E-state index in [1.165, 1.54) is 6.07 Å². The van der Waals surface area contributed by atoms with Gasteiger partial charge in [-0.05, 0) is 25.0 Å². The molecule has 1 aromatic carbocycles. The van der Waals surface area contributed by atoms with Crippen molar-refractivity contribution in [3.8, 4) is 17.5 Å². The summed E-state index contributed by atoms with van der Waals surface area (Å²) in [5.41, 5.74) is -0.541. The van der Waals surface area contributed by atoms with Crippen molar-refractivity contribution in [2.24, 2.45) is 0 Å². The maximum Gasteiger partial charge on any atom is 0.277 e. The number of benzene rings is 1. The maximum absolute atomic E-state index is 13.7. The molecule has 1 aromatic heterocycles. The average Bonchev–Trinajstić information content (AvgIpc) is 3.10. The molecular weight excluding hydrogens is 343 g/mol. The predicted octanol–water partition coefficient (Wildman–Crippen LogP) is 3.31. The number of nitrogens with zero attached hydrogens (tertiary/aromatic N) is 3. The molecule has 0 unspecified atom stereocenters. The number of carbonyl (C=O) groups is 1. The van der Waals surface area contributed by atoms with Crippen LogP contribution in [0.2, 0.25) is 0 Å². The summed E-state index contributed by atoms with van der Waals surface area (Å²) in [4.78, 5) is 12.1. The van der Waals surface area contributed by atoms with Crippen LogP contribution < -0.4 is 5.32 Å². The van der Waals surface area contributed by atoms with Gasteiger partial charge < -0.3 is 9.73 Å². The van der Waals surface area contributed by atoms with Gasteiger partial charge in [0, 0.05) is 0 Å². The normalized spacial score (nSPS) is 16.2. The number of nitriles is 1. The minimum Gasteiger partial charge on any atom is -0.411 e. The molecule has 3 rings (SSSR count). The van der Waals surface area contributed by atoms with Gasteiger partial charge in [-0.25, -0.2) is 4.39 Å². The average molecular weight is 360 g/mol. The second kappa shape index (κ2) is 7.66. The van der Waals surface area contributed by atoms with Crippen LogP contribution in [0, 0.1) is 17.1 Å². The molecule has 2 aromatic rings. The van der Waals surface area contributed by atoms with Crippen LogP contribution in [0.5, 0.6) is 0 Å². The van der Waals surface area contributed by atoms with Crippen LogP contribution in [0.4, 0.5) is 4.39 Å². The molecule has 130 valence electrons.